The summed E-state index contributed by atoms with van der Waals surface area (Å²) >= 11 is 0. The summed E-state index contributed by atoms with van der Waals surface area (Å²) in [6.45, 7) is 5.30. The van der Waals surface area contributed by atoms with E-state index in [1.54, 1.807) is 4.57 Å². The second-order valence-corrected chi connectivity index (χ2v) is 13.6. The molecule has 1 aliphatic rings. The molecule has 1 amide bonds. The first-order valence-corrected chi connectivity index (χ1v) is 16.3. The van der Waals surface area contributed by atoms with E-state index in [4.69, 9.17) is 5.11 Å². The highest BCUT2D eigenvalue weighted by Crippen LogP contribution is 2.46. The first kappa shape index (κ1) is 34.2. The van der Waals surface area contributed by atoms with E-state index in [2.05, 4.69) is 5.32 Å². The maximum atomic E-state index is 14.6. The van der Waals surface area contributed by atoms with Crippen LogP contribution in [0.1, 0.15) is 58.1 Å². The Balaban J connectivity index is 1.94. The molecule has 0 bridgehead atoms. The maximum absolute atomic E-state index is 14.6. The van der Waals surface area contributed by atoms with Crippen LogP contribution in [0.3, 0.4) is 0 Å². The van der Waals surface area contributed by atoms with E-state index in [1.807, 2.05) is 13.8 Å². The van der Waals surface area contributed by atoms with E-state index in [0.717, 1.165) is 0 Å². The number of carboxylic acids is 1. The van der Waals surface area contributed by atoms with E-state index >= 15 is 0 Å². The maximum Gasteiger partial charge on any atom is 0.305 e. The molecule has 1 aromatic heterocycles. The van der Waals surface area contributed by atoms with E-state index in [0.29, 0.717) is 28.9 Å². The molecule has 3 aromatic rings. The van der Waals surface area contributed by atoms with Crippen LogP contribution >= 0.6 is 0 Å². The third kappa shape index (κ3) is 7.96. The summed E-state index contributed by atoms with van der Waals surface area (Å²) in [5.41, 5.74) is 2.00. The summed E-state index contributed by atoms with van der Waals surface area (Å²) in [5.74, 6) is -2.88. The Morgan fingerprint density at radius 3 is 2.09 bits per heavy atom. The number of nitrogens with zero attached hydrogens (tertiary/aromatic N) is 2. The van der Waals surface area contributed by atoms with Crippen molar-refractivity contribution in [2.75, 3.05) is 13.1 Å². The predicted molar refractivity (Wildman–Crippen MR) is 164 cm³/mol. The van der Waals surface area contributed by atoms with Gasteiger partial charge in [-0.1, -0.05) is 26.0 Å². The quantitative estimate of drug-likeness (QED) is 0.218. The Morgan fingerprint density at radius 2 is 1.56 bits per heavy atom. The molecule has 10 nitrogen and oxygen atoms in total. The van der Waals surface area contributed by atoms with Crippen molar-refractivity contribution in [2.45, 2.75) is 82.1 Å². The van der Waals surface area contributed by atoms with Crippen molar-refractivity contribution in [3.05, 3.63) is 65.9 Å². The van der Waals surface area contributed by atoms with Crippen LogP contribution in [-0.4, -0.2) is 75.8 Å². The van der Waals surface area contributed by atoms with Crippen LogP contribution in [-0.2, 0) is 26.2 Å². The fraction of sp³-hybridized carbons (Fsp3) is 0.438. The minimum Gasteiger partial charge on any atom is -0.481 e. The van der Waals surface area contributed by atoms with Gasteiger partial charge in [-0.15, -0.1) is 0 Å². The first-order chi connectivity index (χ1) is 21.2. The lowest BCUT2D eigenvalue weighted by atomic mass is 10.00. The third-order valence-corrected chi connectivity index (χ3v) is 9.79. The number of aromatic nitrogens is 1. The van der Waals surface area contributed by atoms with Gasteiger partial charge < -0.3 is 25.2 Å². The van der Waals surface area contributed by atoms with Crippen LogP contribution < -0.4 is 5.32 Å². The minimum absolute atomic E-state index is 0.00712. The summed E-state index contributed by atoms with van der Waals surface area (Å²) in [7, 11) is -4.24. The number of sulfonamides is 1. The van der Waals surface area contributed by atoms with Gasteiger partial charge in [-0.2, -0.15) is 4.31 Å². The fourth-order valence-corrected chi connectivity index (χ4v) is 8.01. The largest absolute Gasteiger partial charge is 0.481 e. The Hall–Kier alpha value is -3.65. The number of carbonyl (C=O) groups excluding carboxylic acids is 1. The van der Waals surface area contributed by atoms with Gasteiger partial charge in [-0.25, -0.2) is 17.2 Å². The number of amides is 1. The average Bonchev–Trinajstić information content (AvgIpc) is 3.55. The van der Waals surface area contributed by atoms with Crippen molar-refractivity contribution in [1.82, 2.24) is 14.2 Å². The van der Waals surface area contributed by atoms with Crippen molar-refractivity contribution >= 4 is 21.9 Å². The van der Waals surface area contributed by atoms with Crippen LogP contribution in [0.5, 0.6) is 0 Å². The van der Waals surface area contributed by atoms with Gasteiger partial charge in [0.2, 0.25) is 15.9 Å². The molecule has 1 saturated heterocycles. The molecule has 4 N–H and O–H groups in total. The molecular formula is C32H39F2N3O7S. The molecule has 0 radical (unpaired) electrons. The van der Waals surface area contributed by atoms with Crippen LogP contribution in [0.4, 0.5) is 8.78 Å². The predicted octanol–water partition coefficient (Wildman–Crippen LogP) is 4.10. The Bertz CT molecular complexity index is 1620. The molecule has 244 valence electrons. The molecule has 13 heteroatoms. The average molecular weight is 648 g/mol. The number of nitrogens with one attached hydrogen (secondary N) is 1. The molecule has 1 fully saturated rings. The summed E-state index contributed by atoms with van der Waals surface area (Å²) in [6.07, 6.45) is -2.68. The zero-order valence-corrected chi connectivity index (χ0v) is 26.2. The lowest BCUT2D eigenvalue weighted by molar-refractivity contribution is -0.139. The second kappa shape index (κ2) is 14.2. The molecule has 1 aliphatic heterocycles. The number of halogens is 2. The number of benzene rings is 2. The van der Waals surface area contributed by atoms with Gasteiger partial charge in [-0.05, 0) is 72.7 Å². The van der Waals surface area contributed by atoms with Crippen LogP contribution in [0.25, 0.3) is 22.4 Å². The highest BCUT2D eigenvalue weighted by atomic mass is 32.2. The van der Waals surface area contributed by atoms with Crippen LogP contribution in [0.15, 0.2) is 53.4 Å². The SMILES string of the molecule is CC(=O)N[C@H]1CCN(S(=O)(=O)c2c(-c3ccc(F)cc3)c(-c3ccc(F)cc3)n(CC[C@@H](O)C[C@@H](O)CC(=O)O)c2C(C)C)C1. The smallest absolute Gasteiger partial charge is 0.305 e. The van der Waals surface area contributed by atoms with Gasteiger partial charge in [0.15, 0.2) is 0 Å². The third-order valence-electron chi connectivity index (χ3n) is 7.85. The van der Waals surface area contributed by atoms with E-state index in [9.17, 15) is 37.0 Å². The molecule has 0 aliphatic carbocycles. The Morgan fingerprint density at radius 1 is 0.978 bits per heavy atom. The van der Waals surface area contributed by atoms with Gasteiger partial charge in [0.25, 0.3) is 0 Å². The lowest BCUT2D eigenvalue weighted by Gasteiger charge is -2.21. The number of aliphatic carboxylic acids is 1. The van der Waals surface area contributed by atoms with Crippen molar-refractivity contribution in [1.29, 1.82) is 0 Å². The topological polar surface area (TPSA) is 149 Å². The monoisotopic (exact) mass is 647 g/mol. The summed E-state index contributed by atoms with van der Waals surface area (Å²) in [5, 5.41) is 32.6. The molecule has 0 unspecified atom stereocenters. The normalized spacial score (nSPS) is 17.0. The summed E-state index contributed by atoms with van der Waals surface area (Å²) < 4.78 is 60.5. The van der Waals surface area contributed by atoms with Gasteiger partial charge in [0, 0.05) is 43.9 Å². The molecule has 2 heterocycles. The standard InChI is InChI=1S/C32H39F2N3O7S/c1-19(2)30-32(45(43,44)36-14-12-25(18-36)35-20(3)38)29(21-4-8-23(33)9-5-21)31(22-6-10-24(34)11-7-22)37(30)15-13-26(39)16-27(40)17-28(41)42/h4-11,19,25-27,39-40H,12-18H2,1-3H3,(H,35,38)(H,41,42)/t25-,26+,27+/m0/s1. The van der Waals surface area contributed by atoms with Crippen molar-refractivity contribution in [3.63, 3.8) is 0 Å². The Labute approximate surface area is 261 Å². The molecule has 4 rings (SSSR count). The number of aliphatic hydroxyl groups is 2. The van der Waals surface area contributed by atoms with E-state index < -0.39 is 46.3 Å². The summed E-state index contributed by atoms with van der Waals surface area (Å²) in [4.78, 5) is 22.7. The highest BCUT2D eigenvalue weighted by molar-refractivity contribution is 7.89. The van der Waals surface area contributed by atoms with Crippen LogP contribution in [0, 0.1) is 11.6 Å². The zero-order valence-electron chi connectivity index (χ0n) is 25.4. The number of carbonyl (C=O) groups is 2. The first-order valence-electron chi connectivity index (χ1n) is 14.8. The number of carboxylic acid groups (broad SMARTS) is 1. The molecule has 2 aromatic carbocycles. The van der Waals surface area contributed by atoms with E-state index in [1.165, 1.54) is 59.8 Å². The minimum atomic E-state index is -4.24. The zero-order chi connectivity index (χ0) is 33.1. The number of aliphatic hydroxyl groups excluding tert-OH is 2. The molecule has 0 spiro atoms. The lowest BCUT2D eigenvalue weighted by Crippen LogP contribution is -2.37. The number of rotatable bonds is 13. The van der Waals surface area contributed by atoms with Gasteiger partial charge >= 0.3 is 5.97 Å². The van der Waals surface area contributed by atoms with Gasteiger partial charge in [0.05, 0.1) is 24.3 Å². The van der Waals surface area contributed by atoms with Gasteiger partial charge in [-0.3, -0.25) is 9.59 Å². The van der Waals surface area contributed by atoms with Crippen LogP contribution in [0.2, 0.25) is 0 Å². The van der Waals surface area contributed by atoms with Gasteiger partial charge in [0.1, 0.15) is 16.5 Å². The molecule has 0 saturated carbocycles. The molecular weight excluding hydrogens is 608 g/mol. The molecule has 45 heavy (non-hydrogen) atoms. The number of hydrogen-bond donors (Lipinski definition) is 4. The second-order valence-electron chi connectivity index (χ2n) is 11.7. The van der Waals surface area contributed by atoms with Crippen molar-refractivity contribution < 1.29 is 42.1 Å². The fourth-order valence-electron chi connectivity index (χ4n) is 5.95. The van der Waals surface area contributed by atoms with E-state index in [-0.39, 0.29) is 60.8 Å². The molecule has 3 atom stereocenters. The van der Waals surface area contributed by atoms with Crippen molar-refractivity contribution in [2.24, 2.45) is 0 Å². The number of hydrogen-bond acceptors (Lipinski definition) is 6. The summed E-state index contributed by atoms with van der Waals surface area (Å²) in [6, 6.07) is 10.6. The van der Waals surface area contributed by atoms with Crippen molar-refractivity contribution in [3.8, 4) is 22.4 Å². The Kier molecular flexibility index (Phi) is 10.8. The highest BCUT2D eigenvalue weighted by Gasteiger charge is 2.40.